The van der Waals surface area contributed by atoms with E-state index in [1.165, 1.54) is 0 Å². The van der Waals surface area contributed by atoms with E-state index in [1.807, 2.05) is 65.4 Å². The van der Waals surface area contributed by atoms with Crippen LogP contribution in [0.5, 0.6) is 0 Å². The van der Waals surface area contributed by atoms with Crippen LogP contribution in [0, 0.1) is 6.92 Å². The number of hydrogen-bond donors (Lipinski definition) is 1. The van der Waals surface area contributed by atoms with Gasteiger partial charge in [0, 0.05) is 34.8 Å². The molecule has 142 valence electrons. The number of ketones is 1. The number of aliphatic hydroxyl groups is 1. The SMILES string of the molecule is CCCC(O)Cn1cc(C(=O)c2ccc(C)c3ccccc23)c2ccccc21. The van der Waals surface area contributed by atoms with Crippen LogP contribution < -0.4 is 0 Å². The highest BCUT2D eigenvalue weighted by atomic mass is 16.3. The van der Waals surface area contributed by atoms with Crippen LogP contribution in [0.15, 0.2) is 66.9 Å². The molecule has 3 aromatic carbocycles. The lowest BCUT2D eigenvalue weighted by atomic mass is 9.95. The molecule has 0 saturated carbocycles. The lowest BCUT2D eigenvalue weighted by Gasteiger charge is -2.11. The molecule has 3 heteroatoms. The maximum absolute atomic E-state index is 13.5. The number of nitrogens with zero attached hydrogens (tertiary/aromatic N) is 1. The fourth-order valence-corrected chi connectivity index (χ4v) is 4.02. The van der Waals surface area contributed by atoms with Gasteiger partial charge in [-0.1, -0.05) is 67.9 Å². The third kappa shape index (κ3) is 3.23. The Morgan fingerprint density at radius 3 is 2.36 bits per heavy atom. The van der Waals surface area contributed by atoms with Crippen LogP contribution >= 0.6 is 0 Å². The first-order valence-corrected chi connectivity index (χ1v) is 9.89. The molecule has 0 fully saturated rings. The van der Waals surface area contributed by atoms with Crippen LogP contribution in [0.1, 0.15) is 41.3 Å². The minimum atomic E-state index is -0.413. The summed E-state index contributed by atoms with van der Waals surface area (Å²) in [6, 6.07) is 19.9. The maximum Gasteiger partial charge on any atom is 0.195 e. The van der Waals surface area contributed by atoms with Crippen molar-refractivity contribution in [3.63, 3.8) is 0 Å². The Labute approximate surface area is 165 Å². The number of aliphatic hydroxyl groups excluding tert-OH is 1. The van der Waals surface area contributed by atoms with Gasteiger partial charge in [0.1, 0.15) is 0 Å². The van der Waals surface area contributed by atoms with Gasteiger partial charge < -0.3 is 9.67 Å². The monoisotopic (exact) mass is 371 g/mol. The lowest BCUT2D eigenvalue weighted by Crippen LogP contribution is -2.14. The molecule has 0 saturated heterocycles. The van der Waals surface area contributed by atoms with Gasteiger partial charge in [-0.05, 0) is 35.7 Å². The van der Waals surface area contributed by atoms with Crippen molar-refractivity contribution >= 4 is 27.5 Å². The van der Waals surface area contributed by atoms with Crippen molar-refractivity contribution in [1.82, 2.24) is 4.57 Å². The lowest BCUT2D eigenvalue weighted by molar-refractivity contribution is 0.104. The molecule has 0 bridgehead atoms. The number of hydrogen-bond acceptors (Lipinski definition) is 2. The van der Waals surface area contributed by atoms with Crippen molar-refractivity contribution in [3.8, 4) is 0 Å². The van der Waals surface area contributed by atoms with Gasteiger partial charge in [0.05, 0.1) is 6.10 Å². The van der Waals surface area contributed by atoms with Crippen molar-refractivity contribution in [3.05, 3.63) is 83.6 Å². The van der Waals surface area contributed by atoms with Crippen molar-refractivity contribution in [2.75, 3.05) is 0 Å². The summed E-state index contributed by atoms with van der Waals surface area (Å²) < 4.78 is 2.01. The molecule has 0 aliphatic rings. The number of rotatable bonds is 6. The van der Waals surface area contributed by atoms with Crippen molar-refractivity contribution in [2.45, 2.75) is 39.3 Å². The minimum absolute atomic E-state index is 0.0242. The Kier molecular flexibility index (Phi) is 5.01. The highest BCUT2D eigenvalue weighted by Gasteiger charge is 2.19. The number of benzene rings is 3. The molecule has 0 spiro atoms. The minimum Gasteiger partial charge on any atom is -0.391 e. The molecule has 0 radical (unpaired) electrons. The Bertz CT molecular complexity index is 1160. The molecular weight excluding hydrogens is 346 g/mol. The molecule has 1 atom stereocenters. The molecular formula is C25H25NO2. The van der Waals surface area contributed by atoms with E-state index in [1.54, 1.807) is 0 Å². The third-order valence-corrected chi connectivity index (χ3v) is 5.45. The van der Waals surface area contributed by atoms with E-state index in [0.717, 1.165) is 45.6 Å². The van der Waals surface area contributed by atoms with Gasteiger partial charge in [0.15, 0.2) is 5.78 Å². The Morgan fingerprint density at radius 1 is 0.929 bits per heavy atom. The van der Waals surface area contributed by atoms with Crippen LogP contribution in [0.2, 0.25) is 0 Å². The molecule has 0 amide bonds. The van der Waals surface area contributed by atoms with Crippen LogP contribution in [0.25, 0.3) is 21.7 Å². The molecule has 4 aromatic rings. The van der Waals surface area contributed by atoms with Crippen molar-refractivity contribution < 1.29 is 9.90 Å². The summed E-state index contributed by atoms with van der Waals surface area (Å²) in [6.07, 6.45) is 3.17. The highest BCUT2D eigenvalue weighted by molar-refractivity contribution is 6.21. The topological polar surface area (TPSA) is 42.2 Å². The first-order valence-electron chi connectivity index (χ1n) is 9.89. The Hall–Kier alpha value is -2.91. The van der Waals surface area contributed by atoms with E-state index < -0.39 is 6.10 Å². The highest BCUT2D eigenvalue weighted by Crippen LogP contribution is 2.29. The molecule has 28 heavy (non-hydrogen) atoms. The predicted molar refractivity (Wildman–Crippen MR) is 115 cm³/mol. The second-order valence-corrected chi connectivity index (χ2v) is 7.46. The van der Waals surface area contributed by atoms with Gasteiger partial charge in [-0.25, -0.2) is 0 Å². The van der Waals surface area contributed by atoms with Gasteiger partial charge in [-0.15, -0.1) is 0 Å². The normalized spacial score (nSPS) is 12.5. The average molecular weight is 371 g/mol. The molecule has 0 aliphatic carbocycles. The summed E-state index contributed by atoms with van der Waals surface area (Å²) in [4.78, 5) is 13.5. The predicted octanol–water partition coefficient (Wildman–Crippen LogP) is 5.49. The number of para-hydroxylation sites is 1. The molecule has 4 rings (SSSR count). The Balaban J connectivity index is 1.84. The fourth-order valence-electron chi connectivity index (χ4n) is 4.02. The first-order chi connectivity index (χ1) is 13.6. The second kappa shape index (κ2) is 7.61. The maximum atomic E-state index is 13.5. The van der Waals surface area contributed by atoms with Crippen molar-refractivity contribution in [2.24, 2.45) is 0 Å². The van der Waals surface area contributed by atoms with Crippen LogP contribution in [-0.2, 0) is 6.54 Å². The van der Waals surface area contributed by atoms with Gasteiger partial charge in [-0.2, -0.15) is 0 Å². The van der Waals surface area contributed by atoms with Gasteiger partial charge in [0.2, 0.25) is 0 Å². The number of carbonyl (C=O) groups excluding carboxylic acids is 1. The quantitative estimate of drug-likeness (QED) is 0.455. The van der Waals surface area contributed by atoms with E-state index in [9.17, 15) is 9.90 Å². The molecule has 1 heterocycles. The second-order valence-electron chi connectivity index (χ2n) is 7.46. The molecule has 0 aliphatic heterocycles. The van der Waals surface area contributed by atoms with Crippen LogP contribution in [0.3, 0.4) is 0 Å². The Morgan fingerprint density at radius 2 is 1.61 bits per heavy atom. The zero-order valence-corrected chi connectivity index (χ0v) is 16.4. The van der Waals surface area contributed by atoms with E-state index in [4.69, 9.17) is 0 Å². The van der Waals surface area contributed by atoms with Gasteiger partial charge >= 0.3 is 0 Å². The van der Waals surface area contributed by atoms with Crippen molar-refractivity contribution in [1.29, 1.82) is 0 Å². The van der Waals surface area contributed by atoms with E-state index in [0.29, 0.717) is 12.1 Å². The zero-order valence-electron chi connectivity index (χ0n) is 16.4. The molecule has 1 aromatic heterocycles. The van der Waals surface area contributed by atoms with E-state index >= 15 is 0 Å². The summed E-state index contributed by atoms with van der Waals surface area (Å²) >= 11 is 0. The summed E-state index contributed by atoms with van der Waals surface area (Å²) in [5, 5.41) is 13.3. The largest absolute Gasteiger partial charge is 0.391 e. The third-order valence-electron chi connectivity index (χ3n) is 5.45. The fraction of sp³-hybridized carbons (Fsp3) is 0.240. The molecule has 3 nitrogen and oxygen atoms in total. The molecule has 1 unspecified atom stereocenters. The standard InChI is InChI=1S/C25H25NO2/c1-3-8-18(27)15-26-16-23(21-11-6-7-12-24(21)26)25(28)22-14-13-17(2)19-9-4-5-10-20(19)22/h4-7,9-14,16,18,27H,3,8,15H2,1-2H3. The summed E-state index contributed by atoms with van der Waals surface area (Å²) in [5.74, 6) is 0.0242. The average Bonchev–Trinajstić information content (AvgIpc) is 3.07. The number of aryl methyl sites for hydroxylation is 1. The zero-order chi connectivity index (χ0) is 19.7. The van der Waals surface area contributed by atoms with E-state index in [2.05, 4.69) is 19.9 Å². The number of fused-ring (bicyclic) bond motifs is 2. The summed E-state index contributed by atoms with van der Waals surface area (Å²) in [5.41, 5.74) is 3.56. The smallest absolute Gasteiger partial charge is 0.195 e. The number of carbonyl (C=O) groups is 1. The first kappa shape index (κ1) is 18.5. The van der Waals surface area contributed by atoms with Crippen LogP contribution in [-0.4, -0.2) is 21.6 Å². The van der Waals surface area contributed by atoms with Gasteiger partial charge in [-0.3, -0.25) is 4.79 Å². The molecule has 1 N–H and O–H groups in total. The summed E-state index contributed by atoms with van der Waals surface area (Å²) in [6.45, 7) is 4.63. The van der Waals surface area contributed by atoms with E-state index in [-0.39, 0.29) is 5.78 Å². The van der Waals surface area contributed by atoms with Crippen LogP contribution in [0.4, 0.5) is 0 Å². The number of aromatic nitrogens is 1. The summed E-state index contributed by atoms with van der Waals surface area (Å²) in [7, 11) is 0. The van der Waals surface area contributed by atoms with Gasteiger partial charge in [0.25, 0.3) is 0 Å².